The Morgan fingerprint density at radius 2 is 1.06 bits per heavy atom. The smallest absolute Gasteiger partial charge is 0.178 e. The van der Waals surface area contributed by atoms with Crippen LogP contribution in [-0.4, -0.2) is 0 Å². The van der Waals surface area contributed by atoms with Crippen molar-refractivity contribution in [2.24, 2.45) is 0 Å². The summed E-state index contributed by atoms with van der Waals surface area (Å²) in [5.74, 6) is 1.05. The maximum Gasteiger partial charge on any atom is 0.178 e. The molecule has 0 aromatic heterocycles. The van der Waals surface area contributed by atoms with Gasteiger partial charge in [0.1, 0.15) is 5.75 Å². The van der Waals surface area contributed by atoms with Gasteiger partial charge < -0.3 is 4.74 Å². The van der Waals surface area contributed by atoms with Gasteiger partial charge >= 0.3 is 0 Å². The lowest BCUT2D eigenvalue weighted by Gasteiger charge is -2.37. The second-order valence-corrected chi connectivity index (χ2v) is 8.85. The Morgan fingerprint density at radius 1 is 0.531 bits per heavy atom. The first-order chi connectivity index (χ1) is 15.8. The normalized spacial score (nSPS) is 16.0. The molecule has 0 spiro atoms. The van der Waals surface area contributed by atoms with E-state index in [2.05, 4.69) is 109 Å². The highest BCUT2D eigenvalue weighted by atomic mass is 16.5. The predicted molar refractivity (Wildman–Crippen MR) is 131 cm³/mol. The predicted octanol–water partition coefficient (Wildman–Crippen LogP) is 6.92. The first-order valence-corrected chi connectivity index (χ1v) is 11.5. The highest BCUT2D eigenvalue weighted by Gasteiger charge is 2.38. The monoisotopic (exact) mass is 414 g/mol. The molecule has 0 radical (unpaired) electrons. The Morgan fingerprint density at radius 3 is 1.66 bits per heavy atom. The van der Waals surface area contributed by atoms with Crippen LogP contribution in [0.1, 0.15) is 38.9 Å². The van der Waals surface area contributed by atoms with Gasteiger partial charge in [-0.05, 0) is 54.0 Å². The zero-order valence-electron chi connectivity index (χ0n) is 18.1. The highest BCUT2D eigenvalue weighted by molar-refractivity contribution is 5.69. The van der Waals surface area contributed by atoms with Crippen LogP contribution in [0.3, 0.4) is 0 Å². The van der Waals surface area contributed by atoms with Crippen LogP contribution in [-0.2, 0) is 31.3 Å². The fraction of sp³-hybridized carbons (Fsp3) is 0.161. The maximum atomic E-state index is 7.10. The van der Waals surface area contributed by atoms with Crippen LogP contribution in [0, 0.1) is 0 Å². The van der Waals surface area contributed by atoms with Gasteiger partial charge in [-0.1, -0.05) is 103 Å². The van der Waals surface area contributed by atoms with E-state index in [9.17, 15) is 0 Å². The Labute approximate surface area is 190 Å². The molecule has 5 aliphatic rings. The summed E-state index contributed by atoms with van der Waals surface area (Å²) in [6, 6.07) is 35.0. The molecule has 0 amide bonds. The minimum Gasteiger partial charge on any atom is -0.473 e. The van der Waals surface area contributed by atoms with Crippen LogP contribution in [0.25, 0.3) is 6.08 Å². The molecule has 32 heavy (non-hydrogen) atoms. The molecule has 0 N–H and O–H groups in total. The zero-order valence-corrected chi connectivity index (χ0v) is 18.1. The molecule has 0 saturated heterocycles. The Balaban J connectivity index is 1.51. The Bertz CT molecular complexity index is 1230. The number of rotatable bonds is 2. The van der Waals surface area contributed by atoms with Crippen molar-refractivity contribution in [2.45, 2.75) is 31.3 Å². The molecule has 1 heterocycles. The third-order valence-corrected chi connectivity index (χ3v) is 6.91. The minimum atomic E-state index is -0.624. The van der Waals surface area contributed by atoms with E-state index in [-0.39, 0.29) is 0 Å². The van der Waals surface area contributed by atoms with Crippen molar-refractivity contribution >= 4 is 6.08 Å². The lowest BCUT2D eigenvalue weighted by molar-refractivity contribution is 0.159. The first kappa shape index (κ1) is 19.1. The second kappa shape index (κ2) is 7.84. The van der Waals surface area contributed by atoms with Crippen molar-refractivity contribution in [3.05, 3.63) is 142 Å². The number of aryl methyl sites for hydroxylation is 4. The number of ether oxygens (including phenoxy) is 1. The summed E-state index contributed by atoms with van der Waals surface area (Å²) in [5, 5.41) is 0. The molecule has 4 aromatic rings. The van der Waals surface area contributed by atoms with Crippen LogP contribution in [0.15, 0.2) is 103 Å². The second-order valence-electron chi connectivity index (χ2n) is 8.85. The van der Waals surface area contributed by atoms with E-state index < -0.39 is 5.60 Å². The van der Waals surface area contributed by atoms with Gasteiger partial charge in [0.25, 0.3) is 0 Å². The first-order valence-electron chi connectivity index (χ1n) is 11.5. The average Bonchev–Trinajstić information content (AvgIpc) is 2.86. The van der Waals surface area contributed by atoms with Crippen molar-refractivity contribution in [3.63, 3.8) is 0 Å². The minimum absolute atomic E-state index is 0.624. The molecular weight excluding hydrogens is 388 g/mol. The molecule has 4 bridgehead atoms. The van der Waals surface area contributed by atoms with E-state index in [1.54, 1.807) is 0 Å². The summed E-state index contributed by atoms with van der Waals surface area (Å²) in [6.07, 6.45) is 8.61. The summed E-state index contributed by atoms with van der Waals surface area (Å²) in [7, 11) is 0. The molecule has 1 aliphatic heterocycles. The molecule has 0 atom stereocenters. The molecular formula is C31H26O. The average molecular weight is 415 g/mol. The van der Waals surface area contributed by atoms with Gasteiger partial charge in [0.2, 0.25) is 0 Å². The van der Waals surface area contributed by atoms with Crippen LogP contribution in [0.4, 0.5) is 0 Å². The van der Waals surface area contributed by atoms with Crippen molar-refractivity contribution in [2.75, 3.05) is 0 Å². The SMILES string of the molecule is C1=CC(c2ccccc2)(c2ccccc2)Oc2c3ccc(c21)CCc1ccc(cc1)CC3. The van der Waals surface area contributed by atoms with Crippen molar-refractivity contribution in [3.8, 4) is 5.75 Å². The number of hydrogen-bond acceptors (Lipinski definition) is 1. The molecule has 156 valence electrons. The standard InChI is InChI=1S/C31H26O/c1-3-7-27(8-4-1)31(28-9-5-2-6-10-28)22-21-29-25-17-15-23-11-13-24(14-12-23)16-18-26(20-19-25)30(29)32-31/h1-14,19-22H,15-18H2. The summed E-state index contributed by atoms with van der Waals surface area (Å²) in [6.45, 7) is 0. The van der Waals surface area contributed by atoms with Gasteiger partial charge in [0.05, 0.1) is 0 Å². The Kier molecular flexibility index (Phi) is 4.69. The molecule has 4 aliphatic carbocycles. The largest absolute Gasteiger partial charge is 0.473 e. The van der Waals surface area contributed by atoms with Gasteiger partial charge in [-0.15, -0.1) is 0 Å². The van der Waals surface area contributed by atoms with E-state index in [0.29, 0.717) is 0 Å². The summed E-state index contributed by atoms with van der Waals surface area (Å²) in [4.78, 5) is 0. The zero-order chi connectivity index (χ0) is 21.4. The summed E-state index contributed by atoms with van der Waals surface area (Å²) in [5.41, 5.74) is 8.36. The quantitative estimate of drug-likeness (QED) is 0.346. The van der Waals surface area contributed by atoms with Crippen molar-refractivity contribution in [1.29, 1.82) is 0 Å². The van der Waals surface area contributed by atoms with Crippen LogP contribution in [0.5, 0.6) is 5.75 Å². The van der Waals surface area contributed by atoms with Gasteiger partial charge in [0, 0.05) is 16.7 Å². The van der Waals surface area contributed by atoms with Gasteiger partial charge in [-0.2, -0.15) is 0 Å². The van der Waals surface area contributed by atoms with Crippen LogP contribution < -0.4 is 4.74 Å². The maximum absolute atomic E-state index is 7.10. The van der Waals surface area contributed by atoms with Crippen molar-refractivity contribution in [1.82, 2.24) is 0 Å². The third-order valence-electron chi connectivity index (χ3n) is 6.91. The van der Waals surface area contributed by atoms with E-state index in [1.165, 1.54) is 27.8 Å². The molecule has 0 fully saturated rings. The highest BCUT2D eigenvalue weighted by Crippen LogP contribution is 2.45. The Hall–Kier alpha value is -3.58. The van der Waals surface area contributed by atoms with Gasteiger partial charge in [-0.25, -0.2) is 0 Å². The van der Waals surface area contributed by atoms with Crippen LogP contribution >= 0.6 is 0 Å². The lowest BCUT2D eigenvalue weighted by atomic mass is 9.82. The molecule has 0 saturated carbocycles. The van der Waals surface area contributed by atoms with Crippen LogP contribution in [0.2, 0.25) is 0 Å². The van der Waals surface area contributed by atoms with E-state index in [4.69, 9.17) is 4.74 Å². The topological polar surface area (TPSA) is 9.23 Å². The molecule has 9 rings (SSSR count). The summed E-state index contributed by atoms with van der Waals surface area (Å²) >= 11 is 0. The molecule has 1 heteroatoms. The number of benzene rings is 4. The molecule has 0 unspecified atom stereocenters. The van der Waals surface area contributed by atoms with E-state index in [1.807, 2.05) is 0 Å². The van der Waals surface area contributed by atoms with Crippen molar-refractivity contribution < 1.29 is 4.74 Å². The van der Waals surface area contributed by atoms with Gasteiger partial charge in [0.15, 0.2) is 5.60 Å². The van der Waals surface area contributed by atoms with E-state index >= 15 is 0 Å². The lowest BCUT2D eigenvalue weighted by Crippen LogP contribution is -2.35. The fourth-order valence-corrected chi connectivity index (χ4v) is 5.08. The molecule has 4 aromatic carbocycles. The van der Waals surface area contributed by atoms with Gasteiger partial charge in [-0.3, -0.25) is 0 Å². The van der Waals surface area contributed by atoms with E-state index in [0.717, 1.165) is 42.6 Å². The third kappa shape index (κ3) is 3.26. The fourth-order valence-electron chi connectivity index (χ4n) is 5.08. The summed E-state index contributed by atoms with van der Waals surface area (Å²) < 4.78 is 7.10. The number of hydrogen-bond donors (Lipinski definition) is 0. The molecule has 1 nitrogen and oxygen atoms in total.